The lowest BCUT2D eigenvalue weighted by Gasteiger charge is -2.34. The molecule has 0 saturated carbocycles. The Morgan fingerprint density at radius 2 is 1.40 bits per heavy atom. The number of likely N-dealkylation sites (tertiary alicyclic amines) is 1. The van der Waals surface area contributed by atoms with Crippen LogP contribution in [-0.4, -0.2) is 65.5 Å². The van der Waals surface area contributed by atoms with Crippen LogP contribution in [0.4, 0.5) is 16.6 Å². The van der Waals surface area contributed by atoms with E-state index in [0.29, 0.717) is 32.3 Å². The van der Waals surface area contributed by atoms with E-state index in [1.54, 1.807) is 4.90 Å². The maximum atomic E-state index is 12.6. The predicted molar refractivity (Wildman–Crippen MR) is 186 cm³/mol. The highest BCUT2D eigenvalue weighted by molar-refractivity contribution is 5.93. The van der Waals surface area contributed by atoms with Gasteiger partial charge >= 0.3 is 6.09 Å². The first-order chi connectivity index (χ1) is 21.7. The Morgan fingerprint density at radius 3 is 1.98 bits per heavy atom. The molecule has 254 valence electrons. The van der Waals surface area contributed by atoms with Crippen LogP contribution in [0.5, 0.6) is 11.5 Å². The number of nitrogens with one attached hydrogen (secondary N) is 2. The highest BCUT2D eigenvalue weighted by atomic mass is 16.6. The van der Waals surface area contributed by atoms with Gasteiger partial charge in [0.15, 0.2) is 11.5 Å². The molecule has 0 unspecified atom stereocenters. The van der Waals surface area contributed by atoms with Crippen molar-refractivity contribution in [2.45, 2.75) is 143 Å². The topological polar surface area (TPSA) is 97.8 Å². The number of benzene rings is 1. The standard InChI is InChI=1S/C36H61N5O4/c1-7-10-13-16-21-37-34-39-30-27-32(44-25-18-15-12-9-3)31(43-24-17-14-11-8-2)26-29(30)33(40-34)38-28-19-22-41(23-20-28)35(42)45-36(4,5)6/h26-28H,7-25H2,1-6H3,(H2,37,38,39,40). The molecule has 45 heavy (non-hydrogen) atoms. The zero-order valence-electron chi connectivity index (χ0n) is 29.1. The fourth-order valence-electron chi connectivity index (χ4n) is 5.45. The third kappa shape index (κ3) is 13.1. The number of hydrogen-bond donors (Lipinski definition) is 2. The summed E-state index contributed by atoms with van der Waals surface area (Å²) in [4.78, 5) is 24.3. The van der Waals surface area contributed by atoms with Crippen molar-refractivity contribution in [2.75, 3.05) is 43.5 Å². The van der Waals surface area contributed by atoms with E-state index >= 15 is 0 Å². The number of piperidine rings is 1. The molecule has 0 bridgehead atoms. The molecule has 1 aliphatic heterocycles. The highest BCUT2D eigenvalue weighted by Crippen LogP contribution is 2.36. The first-order valence-electron chi connectivity index (χ1n) is 17.8. The number of carbonyl (C=O) groups excluding carboxylic acids is 1. The number of nitrogens with zero attached hydrogens (tertiary/aromatic N) is 3. The van der Waals surface area contributed by atoms with Crippen molar-refractivity contribution in [3.8, 4) is 11.5 Å². The molecule has 1 aromatic carbocycles. The second-order valence-electron chi connectivity index (χ2n) is 13.4. The van der Waals surface area contributed by atoms with E-state index in [4.69, 9.17) is 24.2 Å². The van der Waals surface area contributed by atoms with Crippen LogP contribution in [0.2, 0.25) is 0 Å². The smallest absolute Gasteiger partial charge is 0.410 e. The second kappa shape index (κ2) is 19.5. The molecule has 1 aromatic heterocycles. The van der Waals surface area contributed by atoms with Crippen molar-refractivity contribution in [1.29, 1.82) is 0 Å². The van der Waals surface area contributed by atoms with Crippen LogP contribution in [0.25, 0.3) is 10.9 Å². The highest BCUT2D eigenvalue weighted by Gasteiger charge is 2.27. The van der Waals surface area contributed by atoms with E-state index in [9.17, 15) is 4.79 Å². The molecule has 2 N–H and O–H groups in total. The summed E-state index contributed by atoms with van der Waals surface area (Å²) in [5.74, 6) is 2.91. The molecule has 1 saturated heterocycles. The zero-order valence-corrected chi connectivity index (χ0v) is 29.1. The van der Waals surface area contributed by atoms with Crippen LogP contribution in [-0.2, 0) is 4.74 Å². The largest absolute Gasteiger partial charge is 0.490 e. The van der Waals surface area contributed by atoms with Gasteiger partial charge in [0.2, 0.25) is 5.95 Å². The van der Waals surface area contributed by atoms with Crippen LogP contribution >= 0.6 is 0 Å². The van der Waals surface area contributed by atoms with Gasteiger partial charge in [-0.3, -0.25) is 0 Å². The van der Waals surface area contributed by atoms with E-state index in [1.807, 2.05) is 26.8 Å². The monoisotopic (exact) mass is 627 g/mol. The van der Waals surface area contributed by atoms with Gasteiger partial charge in [-0.1, -0.05) is 78.6 Å². The van der Waals surface area contributed by atoms with E-state index in [-0.39, 0.29) is 12.1 Å². The van der Waals surface area contributed by atoms with Gasteiger partial charge in [-0.15, -0.1) is 0 Å². The van der Waals surface area contributed by atoms with Crippen molar-refractivity contribution >= 4 is 28.8 Å². The third-order valence-electron chi connectivity index (χ3n) is 8.07. The third-order valence-corrected chi connectivity index (χ3v) is 8.07. The van der Waals surface area contributed by atoms with E-state index < -0.39 is 5.60 Å². The quantitative estimate of drug-likeness (QED) is 0.140. The first kappa shape index (κ1) is 36.5. The lowest BCUT2D eigenvalue weighted by Crippen LogP contribution is -2.44. The molecule has 0 atom stereocenters. The minimum absolute atomic E-state index is 0.173. The summed E-state index contributed by atoms with van der Waals surface area (Å²) in [5, 5.41) is 8.10. The van der Waals surface area contributed by atoms with Gasteiger partial charge in [-0.2, -0.15) is 4.98 Å². The number of ether oxygens (including phenoxy) is 3. The van der Waals surface area contributed by atoms with Crippen molar-refractivity contribution in [1.82, 2.24) is 14.9 Å². The number of hydrogen-bond acceptors (Lipinski definition) is 8. The van der Waals surface area contributed by atoms with Crippen LogP contribution < -0.4 is 20.1 Å². The summed E-state index contributed by atoms with van der Waals surface area (Å²) >= 11 is 0. The number of unbranched alkanes of at least 4 members (excludes halogenated alkanes) is 9. The molecule has 0 aliphatic carbocycles. The molecule has 0 spiro atoms. The SMILES string of the molecule is CCCCCCNc1nc(NC2CCN(C(=O)OC(C)(C)C)CC2)c2cc(OCCCCCC)c(OCCCCCC)cc2n1. The van der Waals surface area contributed by atoms with Crippen LogP contribution in [0.1, 0.15) is 131 Å². The van der Waals surface area contributed by atoms with Crippen LogP contribution in [0, 0.1) is 0 Å². The molecule has 9 heteroatoms. The maximum absolute atomic E-state index is 12.6. The minimum Gasteiger partial charge on any atom is -0.490 e. The summed E-state index contributed by atoms with van der Waals surface area (Å²) in [6, 6.07) is 4.25. The number of rotatable bonds is 20. The Kier molecular flexibility index (Phi) is 15.8. The van der Waals surface area contributed by atoms with Crippen molar-refractivity contribution in [2.24, 2.45) is 0 Å². The summed E-state index contributed by atoms with van der Waals surface area (Å²) < 4.78 is 18.3. The van der Waals surface area contributed by atoms with Gasteiger partial charge in [0.05, 0.1) is 18.7 Å². The van der Waals surface area contributed by atoms with Crippen LogP contribution in [0.3, 0.4) is 0 Å². The van der Waals surface area contributed by atoms with Crippen molar-refractivity contribution in [3.63, 3.8) is 0 Å². The minimum atomic E-state index is -0.500. The Bertz CT molecular complexity index is 1140. The number of carbonyl (C=O) groups is 1. The van der Waals surface area contributed by atoms with E-state index in [0.717, 1.165) is 79.7 Å². The molecule has 0 radical (unpaired) electrons. The molecule has 2 aromatic rings. The average molecular weight is 628 g/mol. The molecule has 1 amide bonds. The van der Waals surface area contributed by atoms with Crippen molar-refractivity contribution < 1.29 is 19.0 Å². The fraction of sp³-hybridized carbons (Fsp3) is 0.750. The summed E-state index contributed by atoms with van der Waals surface area (Å²) in [6.07, 6.45) is 15.3. The number of anilines is 2. The predicted octanol–water partition coefficient (Wildman–Crippen LogP) is 9.35. The van der Waals surface area contributed by atoms with Gasteiger partial charge in [0.25, 0.3) is 0 Å². The van der Waals surface area contributed by atoms with Crippen LogP contribution in [0.15, 0.2) is 12.1 Å². The molecule has 2 heterocycles. The Hall–Kier alpha value is -2.97. The van der Waals surface area contributed by atoms with Gasteiger partial charge in [-0.05, 0) is 58.9 Å². The maximum Gasteiger partial charge on any atom is 0.410 e. The molecular weight excluding hydrogens is 566 g/mol. The van der Waals surface area contributed by atoms with E-state index in [2.05, 4.69) is 37.5 Å². The summed E-state index contributed by atoms with van der Waals surface area (Å²) in [7, 11) is 0. The molecule has 9 nitrogen and oxygen atoms in total. The Labute approximate surface area is 272 Å². The average Bonchev–Trinajstić information content (AvgIpc) is 3.00. The fourth-order valence-corrected chi connectivity index (χ4v) is 5.45. The molecule has 3 rings (SSSR count). The zero-order chi connectivity index (χ0) is 32.5. The second-order valence-corrected chi connectivity index (χ2v) is 13.4. The summed E-state index contributed by atoms with van der Waals surface area (Å²) in [5.41, 5.74) is 0.330. The number of fused-ring (bicyclic) bond motifs is 1. The van der Waals surface area contributed by atoms with Gasteiger partial charge in [0, 0.05) is 37.1 Å². The Morgan fingerprint density at radius 1 is 0.822 bits per heavy atom. The van der Waals surface area contributed by atoms with E-state index in [1.165, 1.54) is 44.9 Å². The summed E-state index contributed by atoms with van der Waals surface area (Å²) in [6.45, 7) is 15.8. The molecular formula is C36H61N5O4. The normalized spacial score (nSPS) is 14.0. The molecule has 1 fully saturated rings. The number of aromatic nitrogens is 2. The number of amides is 1. The van der Waals surface area contributed by atoms with Gasteiger partial charge in [-0.25, -0.2) is 9.78 Å². The molecule has 1 aliphatic rings. The van der Waals surface area contributed by atoms with Gasteiger partial charge < -0.3 is 29.7 Å². The van der Waals surface area contributed by atoms with Crippen molar-refractivity contribution in [3.05, 3.63) is 12.1 Å². The lowest BCUT2D eigenvalue weighted by atomic mass is 10.0. The van der Waals surface area contributed by atoms with Gasteiger partial charge in [0.1, 0.15) is 11.4 Å². The first-order valence-corrected chi connectivity index (χ1v) is 17.8. The lowest BCUT2D eigenvalue weighted by molar-refractivity contribution is 0.0210. The Balaban J connectivity index is 1.84.